The number of amides is 2. The van der Waals surface area contributed by atoms with Gasteiger partial charge in [-0.2, -0.15) is 0 Å². The number of hydrogen-bond donors (Lipinski definition) is 2. The highest BCUT2D eigenvalue weighted by molar-refractivity contribution is 5.76. The van der Waals surface area contributed by atoms with E-state index < -0.39 is 12.0 Å². The normalized spacial score (nSPS) is 19.9. The number of ether oxygens (including phenoxy) is 1. The molecule has 2 unspecified atom stereocenters. The first kappa shape index (κ1) is 15.3. The van der Waals surface area contributed by atoms with Gasteiger partial charge in [0.1, 0.15) is 0 Å². The molecule has 6 nitrogen and oxygen atoms in total. The SMILES string of the molecule is CC1CN(C(=O)NC(CC(=O)O)c2ccccc2)CCO1. The molecule has 2 amide bonds. The molecule has 2 N–H and O–H groups in total. The zero-order valence-electron chi connectivity index (χ0n) is 12.0. The Kier molecular flexibility index (Phi) is 5.16. The molecule has 0 spiro atoms. The van der Waals surface area contributed by atoms with Crippen LogP contribution in [-0.4, -0.2) is 47.8 Å². The topological polar surface area (TPSA) is 78.9 Å². The van der Waals surface area contributed by atoms with Gasteiger partial charge in [0.2, 0.25) is 0 Å². The lowest BCUT2D eigenvalue weighted by molar-refractivity contribution is -0.137. The Bertz CT molecular complexity index is 492. The van der Waals surface area contributed by atoms with Crippen LogP contribution in [0.1, 0.15) is 24.9 Å². The standard InChI is InChI=1S/C15H20N2O4/c1-11-10-17(7-8-21-11)15(20)16-13(9-14(18)19)12-5-3-2-4-6-12/h2-6,11,13H,7-10H2,1H3,(H,16,20)(H,18,19). The minimum absolute atomic E-state index is 0.000788. The Balaban J connectivity index is 2.04. The molecule has 0 radical (unpaired) electrons. The van der Waals surface area contributed by atoms with Gasteiger partial charge in [-0.15, -0.1) is 0 Å². The summed E-state index contributed by atoms with van der Waals surface area (Å²) in [4.78, 5) is 24.9. The van der Waals surface area contributed by atoms with E-state index in [1.807, 2.05) is 37.3 Å². The second-order valence-corrected chi connectivity index (χ2v) is 5.14. The molecule has 1 heterocycles. The van der Waals surface area contributed by atoms with E-state index in [-0.39, 0.29) is 18.6 Å². The molecule has 6 heteroatoms. The molecule has 1 aromatic carbocycles. The van der Waals surface area contributed by atoms with Crippen molar-refractivity contribution < 1.29 is 19.4 Å². The Labute approximate surface area is 123 Å². The molecule has 21 heavy (non-hydrogen) atoms. The van der Waals surface area contributed by atoms with Crippen molar-refractivity contribution in [2.24, 2.45) is 0 Å². The van der Waals surface area contributed by atoms with Crippen molar-refractivity contribution in [2.75, 3.05) is 19.7 Å². The fourth-order valence-electron chi connectivity index (χ4n) is 2.36. The number of nitrogens with zero attached hydrogens (tertiary/aromatic N) is 1. The molecule has 1 aliphatic heterocycles. The van der Waals surface area contributed by atoms with Gasteiger partial charge in [-0.1, -0.05) is 30.3 Å². The molecule has 0 aromatic heterocycles. The number of rotatable bonds is 4. The van der Waals surface area contributed by atoms with E-state index in [0.717, 1.165) is 5.56 Å². The summed E-state index contributed by atoms with van der Waals surface area (Å²) in [6.07, 6.45) is -0.144. The van der Waals surface area contributed by atoms with E-state index >= 15 is 0 Å². The largest absolute Gasteiger partial charge is 0.481 e. The van der Waals surface area contributed by atoms with E-state index in [0.29, 0.717) is 19.7 Å². The molecule has 1 fully saturated rings. The third-order valence-electron chi connectivity index (χ3n) is 3.41. The van der Waals surface area contributed by atoms with Crippen molar-refractivity contribution in [1.29, 1.82) is 0 Å². The van der Waals surface area contributed by atoms with Crippen LogP contribution in [0.2, 0.25) is 0 Å². The number of carbonyl (C=O) groups is 2. The maximum Gasteiger partial charge on any atom is 0.318 e. The van der Waals surface area contributed by atoms with Gasteiger partial charge in [-0.05, 0) is 12.5 Å². The fraction of sp³-hybridized carbons (Fsp3) is 0.467. The van der Waals surface area contributed by atoms with Gasteiger partial charge in [0.15, 0.2) is 0 Å². The molecule has 0 saturated carbocycles. The van der Waals surface area contributed by atoms with E-state index in [4.69, 9.17) is 9.84 Å². The van der Waals surface area contributed by atoms with Crippen LogP contribution in [0.25, 0.3) is 0 Å². The Morgan fingerprint density at radius 1 is 1.43 bits per heavy atom. The quantitative estimate of drug-likeness (QED) is 0.884. The summed E-state index contributed by atoms with van der Waals surface area (Å²) in [5.41, 5.74) is 0.787. The fourth-order valence-corrected chi connectivity index (χ4v) is 2.36. The molecular weight excluding hydrogens is 272 g/mol. The van der Waals surface area contributed by atoms with E-state index in [9.17, 15) is 9.59 Å². The monoisotopic (exact) mass is 292 g/mol. The number of urea groups is 1. The minimum Gasteiger partial charge on any atom is -0.481 e. The van der Waals surface area contributed by atoms with Crippen LogP contribution >= 0.6 is 0 Å². The smallest absolute Gasteiger partial charge is 0.318 e. The summed E-state index contributed by atoms with van der Waals surface area (Å²) in [6, 6.07) is 8.35. The molecule has 1 aliphatic rings. The second kappa shape index (κ2) is 7.08. The van der Waals surface area contributed by atoms with Gasteiger partial charge in [-0.3, -0.25) is 4.79 Å². The number of carbonyl (C=O) groups excluding carboxylic acids is 1. The Morgan fingerprint density at radius 3 is 2.76 bits per heavy atom. The van der Waals surface area contributed by atoms with Crippen molar-refractivity contribution in [3.8, 4) is 0 Å². The maximum absolute atomic E-state index is 12.3. The summed E-state index contributed by atoms with van der Waals surface area (Å²) in [6.45, 7) is 3.44. The number of carboxylic acids is 1. The number of carboxylic acid groups (broad SMARTS) is 1. The highest BCUT2D eigenvalue weighted by atomic mass is 16.5. The van der Waals surface area contributed by atoms with E-state index in [1.54, 1.807) is 4.90 Å². The predicted molar refractivity (Wildman–Crippen MR) is 77.0 cm³/mol. The Morgan fingerprint density at radius 2 is 2.14 bits per heavy atom. The minimum atomic E-state index is -0.945. The summed E-state index contributed by atoms with van der Waals surface area (Å²) in [5.74, 6) is -0.945. The summed E-state index contributed by atoms with van der Waals surface area (Å²) >= 11 is 0. The van der Waals surface area contributed by atoms with Gasteiger partial charge in [-0.25, -0.2) is 4.79 Å². The molecule has 2 rings (SSSR count). The molecule has 0 bridgehead atoms. The summed E-state index contributed by atoms with van der Waals surface area (Å²) in [7, 11) is 0. The number of nitrogens with one attached hydrogen (secondary N) is 1. The lowest BCUT2D eigenvalue weighted by Gasteiger charge is -2.32. The molecule has 2 atom stereocenters. The first-order valence-electron chi connectivity index (χ1n) is 7.00. The van der Waals surface area contributed by atoms with Crippen molar-refractivity contribution in [3.05, 3.63) is 35.9 Å². The molecule has 1 aromatic rings. The molecule has 0 aliphatic carbocycles. The second-order valence-electron chi connectivity index (χ2n) is 5.14. The third kappa shape index (κ3) is 4.46. The molecule has 1 saturated heterocycles. The lowest BCUT2D eigenvalue weighted by Crippen LogP contribution is -2.49. The van der Waals surface area contributed by atoms with Gasteiger partial charge < -0.3 is 20.1 Å². The van der Waals surface area contributed by atoms with Crippen molar-refractivity contribution in [1.82, 2.24) is 10.2 Å². The number of hydrogen-bond acceptors (Lipinski definition) is 3. The predicted octanol–water partition coefficient (Wildman–Crippen LogP) is 1.63. The average molecular weight is 292 g/mol. The number of benzene rings is 1. The van der Waals surface area contributed by atoms with Crippen LogP contribution in [0.5, 0.6) is 0 Å². The highest BCUT2D eigenvalue weighted by Gasteiger charge is 2.25. The van der Waals surface area contributed by atoms with Crippen LogP contribution in [0.4, 0.5) is 4.79 Å². The van der Waals surface area contributed by atoms with Gasteiger partial charge in [0.05, 0.1) is 25.2 Å². The maximum atomic E-state index is 12.3. The van der Waals surface area contributed by atoms with Gasteiger partial charge in [0, 0.05) is 13.1 Å². The van der Waals surface area contributed by atoms with Crippen LogP contribution < -0.4 is 5.32 Å². The zero-order chi connectivity index (χ0) is 15.2. The van der Waals surface area contributed by atoms with Crippen LogP contribution in [0.3, 0.4) is 0 Å². The molecular formula is C15H20N2O4. The van der Waals surface area contributed by atoms with E-state index in [1.165, 1.54) is 0 Å². The lowest BCUT2D eigenvalue weighted by atomic mass is 10.0. The summed E-state index contributed by atoms with van der Waals surface area (Å²) < 4.78 is 5.40. The first-order chi connectivity index (χ1) is 10.1. The Hall–Kier alpha value is -2.08. The highest BCUT2D eigenvalue weighted by Crippen LogP contribution is 2.17. The van der Waals surface area contributed by atoms with Crippen LogP contribution in [-0.2, 0) is 9.53 Å². The first-order valence-corrected chi connectivity index (χ1v) is 7.00. The molecule has 114 valence electrons. The average Bonchev–Trinajstić information content (AvgIpc) is 2.47. The van der Waals surface area contributed by atoms with Gasteiger partial charge in [0.25, 0.3) is 0 Å². The van der Waals surface area contributed by atoms with Crippen LogP contribution in [0, 0.1) is 0 Å². The van der Waals surface area contributed by atoms with Crippen molar-refractivity contribution >= 4 is 12.0 Å². The van der Waals surface area contributed by atoms with Crippen molar-refractivity contribution in [3.63, 3.8) is 0 Å². The van der Waals surface area contributed by atoms with Crippen LogP contribution in [0.15, 0.2) is 30.3 Å². The van der Waals surface area contributed by atoms with E-state index in [2.05, 4.69) is 5.32 Å². The van der Waals surface area contributed by atoms with Crippen molar-refractivity contribution in [2.45, 2.75) is 25.5 Å². The zero-order valence-corrected chi connectivity index (χ0v) is 12.0. The number of morpholine rings is 1. The summed E-state index contributed by atoms with van der Waals surface area (Å²) in [5, 5.41) is 11.8. The van der Waals surface area contributed by atoms with Gasteiger partial charge >= 0.3 is 12.0 Å². The third-order valence-corrected chi connectivity index (χ3v) is 3.41. The number of aliphatic carboxylic acids is 1.